The highest BCUT2D eigenvalue weighted by atomic mass is 35.5. The molecular formula is C24H26ClFN4O2. The summed E-state index contributed by atoms with van der Waals surface area (Å²) >= 11 is 6.22. The highest BCUT2D eigenvalue weighted by Gasteiger charge is 2.55. The molecule has 2 aromatic rings. The zero-order valence-corrected chi connectivity index (χ0v) is 18.9. The second kappa shape index (κ2) is 8.90. The fourth-order valence-corrected chi connectivity index (χ4v) is 4.89. The third kappa shape index (κ3) is 3.97. The van der Waals surface area contributed by atoms with Crippen LogP contribution in [0, 0.1) is 11.7 Å². The number of aromatic nitrogens is 1. The molecular weight excluding hydrogens is 431 g/mol. The average molecular weight is 457 g/mol. The number of hydrogen-bond donors (Lipinski definition) is 1. The van der Waals surface area contributed by atoms with Crippen molar-refractivity contribution in [1.29, 1.82) is 0 Å². The fraction of sp³-hybridized carbons (Fsp3) is 0.375. The first-order valence-corrected chi connectivity index (χ1v) is 11.2. The lowest BCUT2D eigenvalue weighted by atomic mass is 9.75. The van der Waals surface area contributed by atoms with Crippen LogP contribution in [0.5, 0.6) is 0 Å². The molecule has 0 bridgehead atoms. The number of hydrazine groups is 1. The van der Waals surface area contributed by atoms with Crippen molar-refractivity contribution in [3.8, 4) is 0 Å². The molecule has 1 saturated heterocycles. The molecule has 1 N–H and O–H groups in total. The van der Waals surface area contributed by atoms with E-state index in [1.165, 1.54) is 29.3 Å². The van der Waals surface area contributed by atoms with Crippen LogP contribution >= 0.6 is 11.6 Å². The molecule has 0 saturated carbocycles. The van der Waals surface area contributed by atoms with Gasteiger partial charge in [0.1, 0.15) is 11.7 Å². The van der Waals surface area contributed by atoms with Gasteiger partial charge in [-0.15, -0.1) is 0 Å². The number of hydrogen-bond acceptors (Lipinski definition) is 4. The number of benzene rings is 1. The van der Waals surface area contributed by atoms with Gasteiger partial charge in [-0.1, -0.05) is 37.4 Å². The molecule has 8 heteroatoms. The van der Waals surface area contributed by atoms with Gasteiger partial charge in [0.25, 0.3) is 5.91 Å². The third-order valence-electron chi connectivity index (χ3n) is 6.31. The molecule has 32 heavy (non-hydrogen) atoms. The van der Waals surface area contributed by atoms with Crippen molar-refractivity contribution >= 4 is 29.1 Å². The van der Waals surface area contributed by atoms with Gasteiger partial charge in [-0.3, -0.25) is 20.0 Å². The van der Waals surface area contributed by atoms with E-state index in [-0.39, 0.29) is 16.8 Å². The summed E-state index contributed by atoms with van der Waals surface area (Å²) in [5.74, 6) is -1.39. The zero-order chi connectivity index (χ0) is 22.9. The van der Waals surface area contributed by atoms with Gasteiger partial charge in [-0.2, -0.15) is 0 Å². The lowest BCUT2D eigenvalue weighted by molar-refractivity contribution is -0.138. The molecule has 1 aromatic carbocycles. The van der Waals surface area contributed by atoms with Crippen LogP contribution in [-0.4, -0.2) is 33.8 Å². The van der Waals surface area contributed by atoms with Crippen molar-refractivity contribution in [1.82, 2.24) is 15.3 Å². The first-order valence-electron chi connectivity index (χ1n) is 10.8. The summed E-state index contributed by atoms with van der Waals surface area (Å²) in [5.41, 5.74) is 4.14. The molecule has 1 aromatic heterocycles. The summed E-state index contributed by atoms with van der Waals surface area (Å²) < 4.78 is 13.5. The maximum atomic E-state index is 13.6. The van der Waals surface area contributed by atoms with Gasteiger partial charge < -0.3 is 4.90 Å². The molecule has 4 rings (SSSR count). The van der Waals surface area contributed by atoms with Gasteiger partial charge in [0, 0.05) is 30.9 Å². The van der Waals surface area contributed by atoms with Crippen LogP contribution in [0.15, 0.2) is 54.4 Å². The molecule has 2 aliphatic heterocycles. The van der Waals surface area contributed by atoms with Gasteiger partial charge in [0.05, 0.1) is 21.9 Å². The van der Waals surface area contributed by atoms with Crippen LogP contribution in [-0.2, 0) is 16.0 Å². The SMILES string of the molecule is CCCCC1(C)C2C(=O)N(c3ccc(F)cc3Cl)NC2=CC(=O)N1CCc1ccccn1. The Labute approximate surface area is 192 Å². The predicted octanol–water partition coefficient (Wildman–Crippen LogP) is 4.26. The molecule has 0 radical (unpaired) electrons. The van der Waals surface area contributed by atoms with E-state index in [2.05, 4.69) is 17.3 Å². The monoisotopic (exact) mass is 456 g/mol. The first-order chi connectivity index (χ1) is 15.3. The Hall–Kier alpha value is -2.93. The molecule has 2 unspecified atom stereocenters. The second-order valence-electron chi connectivity index (χ2n) is 8.44. The number of anilines is 1. The van der Waals surface area contributed by atoms with Crippen molar-refractivity contribution in [3.63, 3.8) is 0 Å². The quantitative estimate of drug-likeness (QED) is 0.676. The average Bonchev–Trinajstić information content (AvgIpc) is 3.09. The molecule has 2 aliphatic rings. The van der Waals surface area contributed by atoms with E-state index in [1.54, 1.807) is 11.1 Å². The van der Waals surface area contributed by atoms with E-state index in [1.807, 2.05) is 25.1 Å². The minimum absolute atomic E-state index is 0.124. The number of amides is 2. The predicted molar refractivity (Wildman–Crippen MR) is 121 cm³/mol. The van der Waals surface area contributed by atoms with Gasteiger partial charge in [0.15, 0.2) is 0 Å². The number of carbonyl (C=O) groups excluding carboxylic acids is 2. The Kier molecular flexibility index (Phi) is 6.20. The maximum Gasteiger partial charge on any atom is 0.257 e. The number of carbonyl (C=O) groups is 2. The number of fused-ring (bicyclic) bond motifs is 1. The normalized spacial score (nSPS) is 22.6. The Bertz CT molecular complexity index is 1060. The standard InChI is InChI=1S/C24H26ClFN4O2/c1-3-4-11-24(2)22-19(15-21(31)29(24)13-10-17-7-5-6-12-27-17)28-30(23(22)32)20-9-8-16(26)14-18(20)25/h5-9,12,14-15,22,28H,3-4,10-11,13H2,1-2H3. The maximum absolute atomic E-state index is 13.6. The zero-order valence-electron chi connectivity index (χ0n) is 18.1. The van der Waals surface area contributed by atoms with Gasteiger partial charge in [-0.05, 0) is 43.7 Å². The fourth-order valence-electron chi connectivity index (χ4n) is 4.64. The number of nitrogens with zero attached hydrogens (tertiary/aromatic N) is 3. The van der Waals surface area contributed by atoms with Gasteiger partial charge in [0.2, 0.25) is 5.91 Å². The molecule has 1 fully saturated rings. The highest BCUT2D eigenvalue weighted by Crippen LogP contribution is 2.43. The Morgan fingerprint density at radius 1 is 1.25 bits per heavy atom. The smallest absolute Gasteiger partial charge is 0.257 e. The Balaban J connectivity index is 1.67. The molecule has 6 nitrogen and oxygen atoms in total. The summed E-state index contributed by atoms with van der Waals surface area (Å²) in [7, 11) is 0. The Morgan fingerprint density at radius 3 is 2.75 bits per heavy atom. The van der Waals surface area contributed by atoms with Crippen LogP contribution in [0.25, 0.3) is 0 Å². The molecule has 2 atom stereocenters. The largest absolute Gasteiger partial charge is 0.332 e. The van der Waals surface area contributed by atoms with Crippen molar-refractivity contribution < 1.29 is 14.0 Å². The molecule has 168 valence electrons. The summed E-state index contributed by atoms with van der Waals surface area (Å²) in [6.07, 6.45) is 6.32. The van der Waals surface area contributed by atoms with Gasteiger partial charge >= 0.3 is 0 Å². The lowest BCUT2D eigenvalue weighted by Gasteiger charge is -2.46. The number of nitrogens with one attached hydrogen (secondary N) is 1. The lowest BCUT2D eigenvalue weighted by Crippen LogP contribution is -2.59. The Morgan fingerprint density at radius 2 is 2.06 bits per heavy atom. The third-order valence-corrected chi connectivity index (χ3v) is 6.61. The number of rotatable bonds is 7. The second-order valence-corrected chi connectivity index (χ2v) is 8.84. The van der Waals surface area contributed by atoms with Crippen molar-refractivity contribution in [2.75, 3.05) is 11.6 Å². The minimum Gasteiger partial charge on any atom is -0.332 e. The van der Waals surface area contributed by atoms with Crippen LogP contribution < -0.4 is 10.4 Å². The van der Waals surface area contributed by atoms with E-state index >= 15 is 0 Å². The minimum atomic E-state index is -0.711. The summed E-state index contributed by atoms with van der Waals surface area (Å²) in [6.45, 7) is 4.52. The van der Waals surface area contributed by atoms with Gasteiger partial charge in [-0.25, -0.2) is 9.40 Å². The van der Waals surface area contributed by atoms with Crippen LogP contribution in [0.1, 0.15) is 38.8 Å². The summed E-state index contributed by atoms with van der Waals surface area (Å²) in [6, 6.07) is 9.59. The first kappa shape index (κ1) is 22.3. The number of pyridine rings is 1. The molecule has 3 heterocycles. The van der Waals surface area contributed by atoms with Crippen molar-refractivity contribution in [3.05, 3.63) is 70.9 Å². The van der Waals surface area contributed by atoms with Crippen LogP contribution in [0.2, 0.25) is 5.02 Å². The van der Waals surface area contributed by atoms with Crippen LogP contribution in [0.4, 0.5) is 10.1 Å². The van der Waals surface area contributed by atoms with Crippen molar-refractivity contribution in [2.45, 2.75) is 45.1 Å². The topological polar surface area (TPSA) is 65.5 Å². The van der Waals surface area contributed by atoms with E-state index in [0.29, 0.717) is 30.8 Å². The molecule has 0 spiro atoms. The summed E-state index contributed by atoms with van der Waals surface area (Å²) in [4.78, 5) is 33.0. The van der Waals surface area contributed by atoms with Crippen LogP contribution in [0.3, 0.4) is 0 Å². The van der Waals surface area contributed by atoms with E-state index in [4.69, 9.17) is 11.6 Å². The molecule has 0 aliphatic carbocycles. The molecule has 2 amide bonds. The number of halogens is 2. The van der Waals surface area contributed by atoms with E-state index in [0.717, 1.165) is 18.5 Å². The van der Waals surface area contributed by atoms with E-state index in [9.17, 15) is 14.0 Å². The van der Waals surface area contributed by atoms with E-state index < -0.39 is 17.3 Å². The highest BCUT2D eigenvalue weighted by molar-refractivity contribution is 6.34. The van der Waals surface area contributed by atoms with Crippen molar-refractivity contribution in [2.24, 2.45) is 5.92 Å². The number of unbranched alkanes of at least 4 members (excludes halogenated alkanes) is 1. The summed E-state index contributed by atoms with van der Waals surface area (Å²) in [5, 5.41) is 1.46.